The summed E-state index contributed by atoms with van der Waals surface area (Å²) in [6.45, 7) is 0.509. The summed E-state index contributed by atoms with van der Waals surface area (Å²) in [4.78, 5) is 27.5. The summed E-state index contributed by atoms with van der Waals surface area (Å²) in [5, 5.41) is 2.34. The van der Waals surface area contributed by atoms with Crippen LogP contribution >= 0.6 is 0 Å². The maximum atomic E-state index is 13.6. The zero-order valence-electron chi connectivity index (χ0n) is 14.0. The van der Waals surface area contributed by atoms with Crippen molar-refractivity contribution in [2.24, 2.45) is 0 Å². The third-order valence-electron chi connectivity index (χ3n) is 4.01. The van der Waals surface area contributed by atoms with Gasteiger partial charge < -0.3 is 15.0 Å². The monoisotopic (exact) mass is 361 g/mol. The van der Waals surface area contributed by atoms with Gasteiger partial charge in [-0.1, -0.05) is 12.1 Å². The number of urea groups is 1. The molecule has 3 amide bonds. The molecule has 0 radical (unpaired) electrons. The fourth-order valence-corrected chi connectivity index (χ4v) is 2.76. The summed E-state index contributed by atoms with van der Waals surface area (Å²) in [5.74, 6) is -1.62. The number of hydrogen-bond donors (Lipinski definition) is 1. The molecule has 1 heterocycles. The van der Waals surface area contributed by atoms with Crippen LogP contribution in [-0.2, 0) is 4.79 Å². The molecule has 0 saturated carbocycles. The number of nitrogens with zero attached hydrogens (tertiary/aromatic N) is 2. The van der Waals surface area contributed by atoms with E-state index < -0.39 is 17.5 Å². The Labute approximate surface area is 149 Å². The lowest BCUT2D eigenvalue weighted by molar-refractivity contribution is -0.116. The second kappa shape index (κ2) is 7.38. The molecule has 0 aromatic heterocycles. The molecule has 3 rings (SSSR count). The van der Waals surface area contributed by atoms with Crippen molar-refractivity contribution in [1.82, 2.24) is 4.90 Å². The SMILES string of the molecule is COc1ccccc1N1CCN(CC(=O)Nc2ccc(F)cc2F)C1=O. The molecule has 1 aliphatic rings. The predicted octanol–water partition coefficient (Wildman–Crippen LogP) is 2.85. The van der Waals surface area contributed by atoms with E-state index in [9.17, 15) is 18.4 Å². The number of rotatable bonds is 5. The van der Waals surface area contributed by atoms with Gasteiger partial charge in [-0.15, -0.1) is 0 Å². The van der Waals surface area contributed by atoms with Crippen LogP contribution in [-0.4, -0.2) is 43.6 Å². The highest BCUT2D eigenvalue weighted by Gasteiger charge is 2.32. The van der Waals surface area contributed by atoms with Gasteiger partial charge in [0.15, 0.2) is 0 Å². The number of carbonyl (C=O) groups excluding carboxylic acids is 2. The molecule has 26 heavy (non-hydrogen) atoms. The molecule has 1 fully saturated rings. The summed E-state index contributed by atoms with van der Waals surface area (Å²) in [6, 6.07) is 9.61. The second-order valence-corrected chi connectivity index (χ2v) is 5.70. The van der Waals surface area contributed by atoms with Gasteiger partial charge in [0.25, 0.3) is 0 Å². The number of nitrogens with one attached hydrogen (secondary N) is 1. The molecular weight excluding hydrogens is 344 g/mol. The van der Waals surface area contributed by atoms with Crippen LogP contribution in [0.2, 0.25) is 0 Å². The average Bonchev–Trinajstić information content (AvgIpc) is 2.98. The molecule has 136 valence electrons. The minimum atomic E-state index is -0.873. The first kappa shape index (κ1) is 17.7. The number of amides is 3. The highest BCUT2D eigenvalue weighted by molar-refractivity contribution is 6.00. The lowest BCUT2D eigenvalue weighted by atomic mass is 10.2. The van der Waals surface area contributed by atoms with Gasteiger partial charge in [-0.3, -0.25) is 9.69 Å². The minimum absolute atomic E-state index is 0.135. The maximum Gasteiger partial charge on any atom is 0.325 e. The molecule has 0 aliphatic carbocycles. The molecule has 0 atom stereocenters. The predicted molar refractivity (Wildman–Crippen MR) is 92.3 cm³/mol. The second-order valence-electron chi connectivity index (χ2n) is 5.70. The number of benzene rings is 2. The molecule has 2 aromatic carbocycles. The van der Waals surface area contributed by atoms with Crippen molar-refractivity contribution in [2.75, 3.05) is 37.0 Å². The molecule has 8 heteroatoms. The van der Waals surface area contributed by atoms with Crippen molar-refractivity contribution in [2.45, 2.75) is 0 Å². The maximum absolute atomic E-state index is 13.6. The minimum Gasteiger partial charge on any atom is -0.495 e. The van der Waals surface area contributed by atoms with E-state index in [1.54, 1.807) is 24.3 Å². The van der Waals surface area contributed by atoms with Gasteiger partial charge in [0.05, 0.1) is 18.5 Å². The van der Waals surface area contributed by atoms with Gasteiger partial charge in [0.1, 0.15) is 23.9 Å². The molecule has 1 saturated heterocycles. The van der Waals surface area contributed by atoms with Crippen LogP contribution in [0.5, 0.6) is 5.75 Å². The van der Waals surface area contributed by atoms with Gasteiger partial charge in [-0.05, 0) is 24.3 Å². The van der Waals surface area contributed by atoms with Gasteiger partial charge in [-0.25, -0.2) is 13.6 Å². The normalized spacial score (nSPS) is 13.9. The Morgan fingerprint density at radius 2 is 1.96 bits per heavy atom. The van der Waals surface area contributed by atoms with Crippen LogP contribution in [0.25, 0.3) is 0 Å². The van der Waals surface area contributed by atoms with Crippen LogP contribution < -0.4 is 15.0 Å². The summed E-state index contributed by atoms with van der Waals surface area (Å²) in [6.07, 6.45) is 0. The van der Waals surface area contributed by atoms with Crippen LogP contribution in [0.3, 0.4) is 0 Å². The average molecular weight is 361 g/mol. The topological polar surface area (TPSA) is 61.9 Å². The van der Waals surface area contributed by atoms with Gasteiger partial charge >= 0.3 is 6.03 Å². The van der Waals surface area contributed by atoms with Crippen LogP contribution in [0.1, 0.15) is 0 Å². The largest absolute Gasteiger partial charge is 0.495 e. The third-order valence-corrected chi connectivity index (χ3v) is 4.01. The Balaban J connectivity index is 1.66. The van der Waals surface area contributed by atoms with Crippen molar-refractivity contribution < 1.29 is 23.1 Å². The number of methoxy groups -OCH3 is 1. The van der Waals surface area contributed by atoms with E-state index >= 15 is 0 Å². The van der Waals surface area contributed by atoms with E-state index in [2.05, 4.69) is 5.32 Å². The van der Waals surface area contributed by atoms with E-state index in [0.717, 1.165) is 12.1 Å². The fourth-order valence-electron chi connectivity index (χ4n) is 2.76. The summed E-state index contributed by atoms with van der Waals surface area (Å²) in [7, 11) is 1.52. The quantitative estimate of drug-likeness (QED) is 0.891. The van der Waals surface area contributed by atoms with Crippen LogP contribution in [0.15, 0.2) is 42.5 Å². The Bertz CT molecular complexity index is 844. The van der Waals surface area contributed by atoms with E-state index in [0.29, 0.717) is 30.6 Å². The smallest absolute Gasteiger partial charge is 0.325 e. The number of halogens is 2. The van der Waals surface area contributed by atoms with Crippen molar-refractivity contribution >= 4 is 23.3 Å². The molecule has 1 N–H and O–H groups in total. The Kier molecular flexibility index (Phi) is 5.01. The molecule has 2 aromatic rings. The van der Waals surface area contributed by atoms with E-state index in [-0.39, 0.29) is 18.3 Å². The lowest BCUT2D eigenvalue weighted by Gasteiger charge is -2.20. The van der Waals surface area contributed by atoms with Crippen molar-refractivity contribution in [1.29, 1.82) is 0 Å². The number of ether oxygens (including phenoxy) is 1. The number of para-hydroxylation sites is 2. The lowest BCUT2D eigenvalue weighted by Crippen LogP contribution is -2.37. The first-order valence-electron chi connectivity index (χ1n) is 7.94. The Morgan fingerprint density at radius 3 is 2.69 bits per heavy atom. The van der Waals surface area contributed by atoms with Gasteiger partial charge in [0.2, 0.25) is 5.91 Å². The fraction of sp³-hybridized carbons (Fsp3) is 0.222. The zero-order valence-corrected chi connectivity index (χ0v) is 14.0. The molecule has 0 spiro atoms. The van der Waals surface area contributed by atoms with Crippen molar-refractivity contribution in [3.63, 3.8) is 0 Å². The van der Waals surface area contributed by atoms with Gasteiger partial charge in [0, 0.05) is 19.2 Å². The van der Waals surface area contributed by atoms with Crippen LogP contribution in [0.4, 0.5) is 25.0 Å². The van der Waals surface area contributed by atoms with Crippen molar-refractivity contribution in [3.8, 4) is 5.75 Å². The number of hydrogen-bond acceptors (Lipinski definition) is 3. The van der Waals surface area contributed by atoms with Gasteiger partial charge in [-0.2, -0.15) is 0 Å². The summed E-state index contributed by atoms with van der Waals surface area (Å²) < 4.78 is 31.8. The summed E-state index contributed by atoms with van der Waals surface area (Å²) in [5.41, 5.74) is 0.483. The third kappa shape index (κ3) is 3.58. The van der Waals surface area contributed by atoms with Crippen molar-refractivity contribution in [3.05, 3.63) is 54.1 Å². The first-order valence-corrected chi connectivity index (χ1v) is 7.94. The Hall–Kier alpha value is -3.16. The number of anilines is 2. The Morgan fingerprint density at radius 1 is 1.19 bits per heavy atom. The summed E-state index contributed by atoms with van der Waals surface area (Å²) >= 11 is 0. The standard InChI is InChI=1S/C18H17F2N3O3/c1-26-16-5-3-2-4-15(16)23-9-8-22(18(23)25)11-17(24)21-14-7-6-12(19)10-13(14)20/h2-7,10H,8-9,11H2,1H3,(H,21,24). The number of carbonyl (C=O) groups is 2. The van der Waals surface area contributed by atoms with Crippen LogP contribution in [0, 0.1) is 11.6 Å². The molecular formula is C18H17F2N3O3. The highest BCUT2D eigenvalue weighted by atomic mass is 19.1. The molecule has 0 bridgehead atoms. The van der Waals surface area contributed by atoms with E-state index in [1.165, 1.54) is 16.9 Å². The zero-order chi connectivity index (χ0) is 18.7. The molecule has 6 nitrogen and oxygen atoms in total. The van der Waals surface area contributed by atoms with E-state index in [4.69, 9.17) is 4.74 Å². The molecule has 0 unspecified atom stereocenters. The van der Waals surface area contributed by atoms with E-state index in [1.807, 2.05) is 0 Å². The molecule has 1 aliphatic heterocycles. The first-order chi connectivity index (χ1) is 12.5. The highest BCUT2D eigenvalue weighted by Crippen LogP contribution is 2.30.